The zero-order valence-electron chi connectivity index (χ0n) is 15.5. The van der Waals surface area contributed by atoms with Crippen LogP contribution >= 0.6 is 0 Å². The number of aryl methyl sites for hydroxylation is 2. The van der Waals surface area contributed by atoms with Crippen LogP contribution in [0, 0.1) is 13.8 Å². The minimum Gasteiger partial charge on any atom is -0.345 e. The third-order valence-electron chi connectivity index (χ3n) is 4.95. The summed E-state index contributed by atoms with van der Waals surface area (Å²) in [6.45, 7) is 4.29. The average Bonchev–Trinajstić information content (AvgIpc) is 2.66. The van der Waals surface area contributed by atoms with Crippen LogP contribution in [-0.2, 0) is 0 Å². The monoisotopic (exact) mass is 337 g/mol. The van der Waals surface area contributed by atoms with E-state index < -0.39 is 0 Å². The maximum atomic E-state index is 2.24. The number of anilines is 2. The van der Waals surface area contributed by atoms with Gasteiger partial charge >= 0.3 is 0 Å². The lowest BCUT2D eigenvalue weighted by Gasteiger charge is -2.21. The van der Waals surface area contributed by atoms with Crippen molar-refractivity contribution in [3.63, 3.8) is 0 Å². The van der Waals surface area contributed by atoms with Gasteiger partial charge in [0.15, 0.2) is 0 Å². The molecule has 0 heterocycles. The first-order valence-corrected chi connectivity index (χ1v) is 9.02. The van der Waals surface area contributed by atoms with Gasteiger partial charge in [0.2, 0.25) is 0 Å². The summed E-state index contributed by atoms with van der Waals surface area (Å²) in [6, 6.07) is 30.6. The second-order valence-electron chi connectivity index (χ2n) is 6.98. The minimum absolute atomic E-state index is 1.19. The molecule has 0 fully saturated rings. The molecule has 0 bridgehead atoms. The van der Waals surface area contributed by atoms with E-state index in [9.17, 15) is 0 Å². The number of nitrogens with zero attached hydrogens (tertiary/aromatic N) is 1. The Morgan fingerprint density at radius 1 is 0.615 bits per heavy atom. The summed E-state index contributed by atoms with van der Waals surface area (Å²) in [5, 5.41) is 2.58. The normalized spacial score (nSPS) is 10.9. The van der Waals surface area contributed by atoms with E-state index in [1.54, 1.807) is 0 Å². The van der Waals surface area contributed by atoms with Crippen LogP contribution in [0.4, 0.5) is 11.4 Å². The molecule has 0 spiro atoms. The molecule has 0 aliphatic rings. The topological polar surface area (TPSA) is 3.24 Å². The highest BCUT2D eigenvalue weighted by Gasteiger charge is 2.07. The van der Waals surface area contributed by atoms with E-state index in [0.717, 1.165) is 0 Å². The van der Waals surface area contributed by atoms with Crippen LogP contribution in [0.5, 0.6) is 0 Å². The van der Waals surface area contributed by atoms with Crippen LogP contribution in [0.2, 0.25) is 0 Å². The van der Waals surface area contributed by atoms with E-state index in [-0.39, 0.29) is 0 Å². The molecule has 0 N–H and O–H groups in total. The highest BCUT2D eigenvalue weighted by molar-refractivity contribution is 5.96. The minimum atomic E-state index is 1.19. The van der Waals surface area contributed by atoms with E-state index in [4.69, 9.17) is 0 Å². The summed E-state index contributed by atoms with van der Waals surface area (Å²) in [7, 11) is 2.13. The predicted octanol–water partition coefficient (Wildman–Crippen LogP) is 6.89. The molecule has 4 rings (SSSR count). The Morgan fingerprint density at radius 3 is 2.00 bits per heavy atom. The summed E-state index contributed by atoms with van der Waals surface area (Å²) < 4.78 is 0. The Bertz CT molecular complexity index is 1040. The van der Waals surface area contributed by atoms with Gasteiger partial charge in [0.25, 0.3) is 0 Å². The van der Waals surface area contributed by atoms with E-state index in [0.29, 0.717) is 0 Å². The molecular formula is C25H23N. The molecular weight excluding hydrogens is 314 g/mol. The highest BCUT2D eigenvalue weighted by atomic mass is 15.1. The van der Waals surface area contributed by atoms with Crippen molar-refractivity contribution in [3.8, 4) is 11.1 Å². The molecule has 0 aromatic heterocycles. The Balaban J connectivity index is 1.70. The van der Waals surface area contributed by atoms with E-state index >= 15 is 0 Å². The molecule has 4 aromatic carbocycles. The van der Waals surface area contributed by atoms with E-state index in [1.807, 2.05) is 0 Å². The Hall–Kier alpha value is -3.06. The second kappa shape index (κ2) is 6.68. The van der Waals surface area contributed by atoms with Crippen molar-refractivity contribution in [1.82, 2.24) is 0 Å². The molecule has 0 saturated carbocycles. The summed E-state index contributed by atoms with van der Waals surface area (Å²) >= 11 is 0. The van der Waals surface area contributed by atoms with Crippen LogP contribution in [0.25, 0.3) is 21.9 Å². The second-order valence-corrected chi connectivity index (χ2v) is 6.98. The molecule has 0 aliphatic carbocycles. The Morgan fingerprint density at radius 2 is 1.27 bits per heavy atom. The lowest BCUT2D eigenvalue weighted by Crippen LogP contribution is -2.09. The maximum absolute atomic E-state index is 2.24. The van der Waals surface area contributed by atoms with Gasteiger partial charge in [-0.15, -0.1) is 0 Å². The summed E-state index contributed by atoms with van der Waals surface area (Å²) in [5.74, 6) is 0. The first-order valence-electron chi connectivity index (χ1n) is 9.02. The fourth-order valence-corrected chi connectivity index (χ4v) is 3.64. The van der Waals surface area contributed by atoms with Crippen molar-refractivity contribution in [2.24, 2.45) is 0 Å². The lowest BCUT2D eigenvalue weighted by molar-refractivity contribution is 1.19. The average molecular weight is 337 g/mol. The third-order valence-corrected chi connectivity index (χ3v) is 4.95. The van der Waals surface area contributed by atoms with Gasteiger partial charge < -0.3 is 4.90 Å². The fraction of sp³-hybridized carbons (Fsp3) is 0.120. The Kier molecular flexibility index (Phi) is 4.22. The first-order chi connectivity index (χ1) is 12.6. The van der Waals surface area contributed by atoms with Gasteiger partial charge in [-0.2, -0.15) is 0 Å². The number of benzene rings is 4. The van der Waals surface area contributed by atoms with Gasteiger partial charge in [-0.05, 0) is 71.1 Å². The number of fused-ring (bicyclic) bond motifs is 1. The summed E-state index contributed by atoms with van der Waals surface area (Å²) in [6.07, 6.45) is 0. The molecule has 0 saturated heterocycles. The van der Waals surface area contributed by atoms with Crippen molar-refractivity contribution in [3.05, 3.63) is 96.1 Å². The van der Waals surface area contributed by atoms with E-state index in [1.165, 1.54) is 44.4 Å². The summed E-state index contributed by atoms with van der Waals surface area (Å²) in [5.41, 5.74) is 7.53. The van der Waals surface area contributed by atoms with Crippen LogP contribution in [0.3, 0.4) is 0 Å². The SMILES string of the molecule is Cc1cc(C)cc(N(C)c2ccc(-c3cccc4ccccc34)cc2)c1. The van der Waals surface area contributed by atoms with Crippen LogP contribution < -0.4 is 4.90 Å². The largest absolute Gasteiger partial charge is 0.345 e. The van der Waals surface area contributed by atoms with Crippen molar-refractivity contribution < 1.29 is 0 Å². The molecule has 0 aliphatic heterocycles. The van der Waals surface area contributed by atoms with Crippen molar-refractivity contribution >= 4 is 22.1 Å². The third kappa shape index (κ3) is 3.09. The molecule has 0 atom stereocenters. The molecule has 1 heteroatoms. The number of hydrogen-bond acceptors (Lipinski definition) is 1. The van der Waals surface area contributed by atoms with Gasteiger partial charge in [0.1, 0.15) is 0 Å². The van der Waals surface area contributed by atoms with Crippen LogP contribution in [0.15, 0.2) is 84.9 Å². The molecule has 4 aromatic rings. The molecule has 1 nitrogen and oxygen atoms in total. The van der Waals surface area contributed by atoms with Crippen molar-refractivity contribution in [2.45, 2.75) is 13.8 Å². The first kappa shape index (κ1) is 16.4. The number of rotatable bonds is 3. The standard InChI is InChI=1S/C25H23N/c1-18-15-19(2)17-23(16-18)26(3)22-13-11-21(12-14-22)25-10-6-8-20-7-4-5-9-24(20)25/h4-17H,1-3H3. The zero-order valence-corrected chi connectivity index (χ0v) is 15.5. The van der Waals surface area contributed by atoms with Crippen LogP contribution in [-0.4, -0.2) is 7.05 Å². The van der Waals surface area contributed by atoms with Crippen molar-refractivity contribution in [2.75, 3.05) is 11.9 Å². The summed E-state index contributed by atoms with van der Waals surface area (Å²) in [4.78, 5) is 2.24. The highest BCUT2D eigenvalue weighted by Crippen LogP contribution is 2.31. The van der Waals surface area contributed by atoms with E-state index in [2.05, 4.69) is 111 Å². The van der Waals surface area contributed by atoms with Gasteiger partial charge in [0.05, 0.1) is 0 Å². The van der Waals surface area contributed by atoms with Gasteiger partial charge in [-0.25, -0.2) is 0 Å². The molecule has 128 valence electrons. The maximum Gasteiger partial charge on any atom is 0.0413 e. The zero-order chi connectivity index (χ0) is 18.1. The molecule has 26 heavy (non-hydrogen) atoms. The van der Waals surface area contributed by atoms with Crippen molar-refractivity contribution in [1.29, 1.82) is 0 Å². The van der Waals surface area contributed by atoms with Gasteiger partial charge in [0, 0.05) is 18.4 Å². The van der Waals surface area contributed by atoms with Gasteiger partial charge in [-0.1, -0.05) is 60.7 Å². The Labute approximate surface area is 155 Å². The quantitative estimate of drug-likeness (QED) is 0.393. The van der Waals surface area contributed by atoms with Gasteiger partial charge in [-0.3, -0.25) is 0 Å². The molecule has 0 radical (unpaired) electrons. The number of hydrogen-bond donors (Lipinski definition) is 0. The molecule has 0 amide bonds. The fourth-order valence-electron chi connectivity index (χ4n) is 3.64. The predicted molar refractivity (Wildman–Crippen MR) is 113 cm³/mol. The lowest BCUT2D eigenvalue weighted by atomic mass is 9.98. The molecule has 0 unspecified atom stereocenters. The van der Waals surface area contributed by atoms with Crippen LogP contribution in [0.1, 0.15) is 11.1 Å². The smallest absolute Gasteiger partial charge is 0.0413 e.